The van der Waals surface area contributed by atoms with E-state index in [2.05, 4.69) is 22.2 Å². The first-order chi connectivity index (χ1) is 11.6. The van der Waals surface area contributed by atoms with Crippen molar-refractivity contribution in [2.24, 2.45) is 11.7 Å². The highest BCUT2D eigenvalue weighted by atomic mass is 32.1. The fraction of sp³-hybridized carbons (Fsp3) is 0.412. The number of thiophene rings is 1. The van der Waals surface area contributed by atoms with Crippen LogP contribution >= 0.6 is 11.3 Å². The second-order valence-corrected chi connectivity index (χ2v) is 7.12. The molecule has 3 rings (SSSR count). The number of hydrogen-bond donors (Lipinski definition) is 2. The van der Waals surface area contributed by atoms with Crippen molar-refractivity contribution in [3.63, 3.8) is 0 Å². The average molecular weight is 344 g/mol. The molecule has 24 heavy (non-hydrogen) atoms. The van der Waals surface area contributed by atoms with Crippen molar-refractivity contribution in [1.82, 2.24) is 9.97 Å². The van der Waals surface area contributed by atoms with E-state index < -0.39 is 5.91 Å². The summed E-state index contributed by atoms with van der Waals surface area (Å²) in [4.78, 5) is 33.3. The minimum atomic E-state index is -0.490. The zero-order chi connectivity index (χ0) is 17.1. The number of anilines is 1. The summed E-state index contributed by atoms with van der Waals surface area (Å²) >= 11 is 1.46. The molecule has 7 heteroatoms. The lowest BCUT2D eigenvalue weighted by Gasteiger charge is -2.21. The van der Waals surface area contributed by atoms with Crippen molar-refractivity contribution in [3.05, 3.63) is 40.3 Å². The quantitative estimate of drug-likeness (QED) is 0.871. The van der Waals surface area contributed by atoms with Gasteiger partial charge in [-0.1, -0.05) is 19.8 Å². The predicted octanol–water partition coefficient (Wildman–Crippen LogP) is 2.79. The number of rotatable bonds is 5. The molecule has 2 heterocycles. The zero-order valence-electron chi connectivity index (χ0n) is 13.5. The summed E-state index contributed by atoms with van der Waals surface area (Å²) < 4.78 is 0. The van der Waals surface area contributed by atoms with Crippen molar-refractivity contribution < 1.29 is 9.59 Å². The first-order valence-corrected chi connectivity index (χ1v) is 8.93. The normalized spacial score (nSPS) is 16.5. The van der Waals surface area contributed by atoms with E-state index in [1.54, 1.807) is 0 Å². The van der Waals surface area contributed by atoms with Crippen LogP contribution in [-0.4, -0.2) is 21.8 Å². The van der Waals surface area contributed by atoms with Crippen molar-refractivity contribution >= 4 is 28.2 Å². The molecule has 3 N–H and O–H groups in total. The monoisotopic (exact) mass is 344 g/mol. The number of aromatic nitrogens is 2. The van der Waals surface area contributed by atoms with Crippen LogP contribution in [0.2, 0.25) is 0 Å². The maximum Gasteiger partial charge on any atom is 0.276 e. The molecule has 2 aromatic heterocycles. The molecule has 1 aliphatic rings. The Morgan fingerprint density at radius 2 is 2.25 bits per heavy atom. The van der Waals surface area contributed by atoms with Crippen molar-refractivity contribution in [1.29, 1.82) is 0 Å². The van der Waals surface area contributed by atoms with Crippen LogP contribution in [0.5, 0.6) is 0 Å². The number of primary amides is 1. The zero-order valence-corrected chi connectivity index (χ0v) is 14.4. The lowest BCUT2D eigenvalue weighted by Crippen LogP contribution is -2.20. The van der Waals surface area contributed by atoms with Crippen molar-refractivity contribution in [3.8, 4) is 0 Å². The number of hydrogen-bond acceptors (Lipinski definition) is 5. The van der Waals surface area contributed by atoms with Crippen LogP contribution in [0.3, 0.4) is 0 Å². The molecular formula is C17H20N4O2S. The Hall–Kier alpha value is -2.28. The molecule has 2 amide bonds. The summed E-state index contributed by atoms with van der Waals surface area (Å²) in [5, 5.41) is 3.32. The Morgan fingerprint density at radius 1 is 1.42 bits per heavy atom. The summed E-state index contributed by atoms with van der Waals surface area (Å²) in [7, 11) is 0. The molecule has 0 spiro atoms. The third-order valence-corrected chi connectivity index (χ3v) is 5.50. The summed E-state index contributed by atoms with van der Waals surface area (Å²) in [6.45, 7) is 2.19. The lowest BCUT2D eigenvalue weighted by atomic mass is 9.84. The molecular weight excluding hydrogens is 324 g/mol. The highest BCUT2D eigenvalue weighted by Gasteiger charge is 2.28. The van der Waals surface area contributed by atoms with Crippen LogP contribution in [0.4, 0.5) is 5.00 Å². The second kappa shape index (κ2) is 7.09. The molecule has 2 aromatic rings. The topological polar surface area (TPSA) is 98.0 Å². The Bertz CT molecular complexity index is 757. The highest BCUT2D eigenvalue weighted by Crippen LogP contribution is 2.40. The Morgan fingerprint density at radius 3 is 2.92 bits per heavy atom. The summed E-state index contributed by atoms with van der Waals surface area (Å²) in [6, 6.07) is 0. The van der Waals surface area contributed by atoms with Gasteiger partial charge in [-0.2, -0.15) is 0 Å². The van der Waals surface area contributed by atoms with Gasteiger partial charge in [-0.05, 0) is 30.7 Å². The van der Waals surface area contributed by atoms with Gasteiger partial charge in [0, 0.05) is 17.3 Å². The van der Waals surface area contributed by atoms with Gasteiger partial charge >= 0.3 is 0 Å². The van der Waals surface area contributed by atoms with Crippen LogP contribution in [0.25, 0.3) is 0 Å². The average Bonchev–Trinajstić information content (AvgIpc) is 2.93. The first kappa shape index (κ1) is 16.6. The summed E-state index contributed by atoms with van der Waals surface area (Å²) in [6.07, 6.45) is 9.56. The standard InChI is InChI=1S/C17H20N4O2S/c1-2-3-10-4-5-11-13(8-10)24-17(14(11)15(18)22)21-16(23)12-9-19-6-7-20-12/h6-7,9-10H,2-5,8H2,1H3,(H2,18,22)(H,21,23)/t10-/m0/s1. The van der Waals surface area contributed by atoms with Crippen LogP contribution in [0.15, 0.2) is 18.6 Å². The molecule has 0 saturated heterocycles. The van der Waals surface area contributed by atoms with E-state index in [0.717, 1.165) is 31.2 Å². The fourth-order valence-corrected chi connectivity index (χ4v) is 4.60. The van der Waals surface area contributed by atoms with Gasteiger partial charge in [-0.25, -0.2) is 4.98 Å². The Balaban J connectivity index is 1.88. The minimum Gasteiger partial charge on any atom is -0.365 e. The van der Waals surface area contributed by atoms with Crippen LogP contribution in [-0.2, 0) is 12.8 Å². The van der Waals surface area contributed by atoms with Gasteiger partial charge in [-0.15, -0.1) is 11.3 Å². The smallest absolute Gasteiger partial charge is 0.276 e. The Labute approximate surface area is 144 Å². The van der Waals surface area contributed by atoms with E-state index in [9.17, 15) is 9.59 Å². The SMILES string of the molecule is CCC[C@H]1CCc2c(sc(NC(=O)c3cnccn3)c2C(N)=O)C1. The molecule has 6 nitrogen and oxygen atoms in total. The Kier molecular flexibility index (Phi) is 4.89. The number of nitrogens with one attached hydrogen (secondary N) is 1. The second-order valence-electron chi connectivity index (χ2n) is 6.01. The minimum absolute atomic E-state index is 0.211. The van der Waals surface area contributed by atoms with Gasteiger partial charge in [0.15, 0.2) is 0 Å². The molecule has 0 saturated carbocycles. The third-order valence-electron chi connectivity index (χ3n) is 4.33. The number of carbonyl (C=O) groups excluding carboxylic acids is 2. The van der Waals surface area contributed by atoms with Crippen LogP contribution < -0.4 is 11.1 Å². The van der Waals surface area contributed by atoms with Gasteiger partial charge in [0.25, 0.3) is 11.8 Å². The van der Waals surface area contributed by atoms with E-state index in [-0.39, 0.29) is 11.6 Å². The van der Waals surface area contributed by atoms with E-state index in [0.29, 0.717) is 16.5 Å². The number of carbonyl (C=O) groups is 2. The molecule has 0 aromatic carbocycles. The van der Waals surface area contributed by atoms with E-state index in [4.69, 9.17) is 5.73 Å². The number of nitrogens with two attached hydrogens (primary N) is 1. The molecule has 1 atom stereocenters. The lowest BCUT2D eigenvalue weighted by molar-refractivity contribution is 0.1000. The maximum absolute atomic E-state index is 12.3. The van der Waals surface area contributed by atoms with Gasteiger partial charge in [0.05, 0.1) is 11.8 Å². The molecule has 1 aliphatic carbocycles. The first-order valence-electron chi connectivity index (χ1n) is 8.11. The van der Waals surface area contributed by atoms with E-state index >= 15 is 0 Å². The molecule has 126 valence electrons. The van der Waals surface area contributed by atoms with Crippen LogP contribution in [0.1, 0.15) is 57.5 Å². The predicted molar refractivity (Wildman–Crippen MR) is 93.2 cm³/mol. The van der Waals surface area contributed by atoms with Crippen molar-refractivity contribution in [2.75, 3.05) is 5.32 Å². The molecule has 0 unspecified atom stereocenters. The third kappa shape index (κ3) is 3.31. The number of fused-ring (bicyclic) bond motifs is 1. The van der Waals surface area contributed by atoms with E-state index in [1.807, 2.05) is 0 Å². The summed E-state index contributed by atoms with van der Waals surface area (Å²) in [5.74, 6) is -0.226. The van der Waals surface area contributed by atoms with Crippen LogP contribution in [0, 0.1) is 5.92 Å². The van der Waals surface area contributed by atoms with Gasteiger partial charge in [-0.3, -0.25) is 14.6 Å². The van der Waals surface area contributed by atoms with Gasteiger partial charge in [0.2, 0.25) is 0 Å². The van der Waals surface area contributed by atoms with E-state index in [1.165, 1.54) is 41.2 Å². The van der Waals surface area contributed by atoms with Crippen molar-refractivity contribution in [2.45, 2.75) is 39.0 Å². The number of nitrogens with zero attached hydrogens (tertiary/aromatic N) is 2. The summed E-state index contributed by atoms with van der Waals surface area (Å²) in [5.41, 5.74) is 7.26. The molecule has 0 bridgehead atoms. The van der Waals surface area contributed by atoms with Gasteiger partial charge in [0.1, 0.15) is 10.7 Å². The number of amides is 2. The maximum atomic E-state index is 12.3. The highest BCUT2D eigenvalue weighted by molar-refractivity contribution is 7.17. The molecule has 0 aliphatic heterocycles. The molecule has 0 fully saturated rings. The largest absolute Gasteiger partial charge is 0.365 e. The fourth-order valence-electron chi connectivity index (χ4n) is 3.24. The molecule has 0 radical (unpaired) electrons. The van der Waals surface area contributed by atoms with Gasteiger partial charge < -0.3 is 11.1 Å².